The second-order valence-electron chi connectivity index (χ2n) is 6.26. The first-order valence-corrected chi connectivity index (χ1v) is 9.29. The molecule has 0 aliphatic rings. The maximum atomic E-state index is 13.1. The Morgan fingerprint density at radius 1 is 1.07 bits per heavy atom. The van der Waals surface area contributed by atoms with Gasteiger partial charge in [-0.1, -0.05) is 35.9 Å². The first kappa shape index (κ1) is 19.3. The van der Waals surface area contributed by atoms with Crippen LogP contribution in [0.15, 0.2) is 48.5 Å². The van der Waals surface area contributed by atoms with E-state index in [0.717, 1.165) is 28.2 Å². The second kappa shape index (κ2) is 8.50. The van der Waals surface area contributed by atoms with Crippen LogP contribution in [0.4, 0.5) is 10.1 Å². The summed E-state index contributed by atoms with van der Waals surface area (Å²) in [6.45, 7) is 5.08. The summed E-state index contributed by atoms with van der Waals surface area (Å²) in [6, 6.07) is 14.0. The molecule has 0 unspecified atom stereocenters. The van der Waals surface area contributed by atoms with Crippen LogP contribution in [-0.2, 0) is 13.1 Å². The predicted octanol–water partition coefficient (Wildman–Crippen LogP) is 4.83. The van der Waals surface area contributed by atoms with Crippen molar-refractivity contribution in [1.82, 2.24) is 15.1 Å². The van der Waals surface area contributed by atoms with Crippen LogP contribution < -0.4 is 10.6 Å². The molecule has 0 aliphatic heterocycles. The number of rotatable bonds is 5. The molecule has 2 N–H and O–H groups in total. The molecule has 140 valence electrons. The van der Waals surface area contributed by atoms with Crippen molar-refractivity contribution in [3.8, 4) is 0 Å². The van der Waals surface area contributed by atoms with Gasteiger partial charge < -0.3 is 10.6 Å². The van der Waals surface area contributed by atoms with Crippen LogP contribution in [0.3, 0.4) is 0 Å². The van der Waals surface area contributed by atoms with Gasteiger partial charge in [-0.2, -0.15) is 5.10 Å². The molecule has 0 bridgehead atoms. The molecule has 4 nitrogen and oxygen atoms in total. The number of thiocarbonyl (C=S) groups is 1. The van der Waals surface area contributed by atoms with Gasteiger partial charge in [-0.3, -0.25) is 4.68 Å². The number of aryl methyl sites for hydroxylation is 1. The fourth-order valence-corrected chi connectivity index (χ4v) is 3.04. The number of benzene rings is 2. The average molecular weight is 403 g/mol. The van der Waals surface area contributed by atoms with Crippen molar-refractivity contribution in [3.05, 3.63) is 81.9 Å². The lowest BCUT2D eigenvalue weighted by Gasteiger charge is -2.11. The molecule has 0 fully saturated rings. The third-order valence-corrected chi connectivity index (χ3v) is 4.73. The molecule has 3 rings (SSSR count). The Balaban J connectivity index is 1.64. The molecule has 1 heterocycles. The number of hydrogen-bond acceptors (Lipinski definition) is 2. The molecule has 0 radical (unpaired) electrons. The number of halogens is 2. The molecule has 0 aliphatic carbocycles. The SMILES string of the molecule is Cc1nn(Cc2ccc(F)cc2)c(C)c1NC(=S)NCc1ccc(Cl)cc1. The molecular formula is C20H20ClFN4S. The second-order valence-corrected chi connectivity index (χ2v) is 7.11. The fourth-order valence-electron chi connectivity index (χ4n) is 2.74. The van der Waals surface area contributed by atoms with Crippen LogP contribution in [0.2, 0.25) is 5.02 Å². The standard InChI is InChI=1S/C20H20ClFN4S/c1-13-19(24-20(27)23-11-15-3-7-17(21)8-4-15)14(2)26(25-13)12-16-5-9-18(22)10-6-16/h3-10H,11-12H2,1-2H3,(H2,23,24,27). The Kier molecular flexibility index (Phi) is 6.08. The molecule has 0 saturated heterocycles. The fraction of sp³-hybridized carbons (Fsp3) is 0.200. The molecule has 0 amide bonds. The molecule has 0 atom stereocenters. The van der Waals surface area contributed by atoms with Gasteiger partial charge in [0, 0.05) is 11.6 Å². The lowest BCUT2D eigenvalue weighted by atomic mass is 10.2. The largest absolute Gasteiger partial charge is 0.358 e. The minimum atomic E-state index is -0.244. The van der Waals surface area contributed by atoms with E-state index in [-0.39, 0.29) is 5.82 Å². The summed E-state index contributed by atoms with van der Waals surface area (Å²) in [7, 11) is 0. The maximum Gasteiger partial charge on any atom is 0.171 e. The highest BCUT2D eigenvalue weighted by Gasteiger charge is 2.13. The van der Waals surface area contributed by atoms with Gasteiger partial charge >= 0.3 is 0 Å². The number of aromatic nitrogens is 2. The molecule has 0 saturated carbocycles. The third-order valence-electron chi connectivity index (χ3n) is 4.23. The molecule has 3 aromatic rings. The summed E-state index contributed by atoms with van der Waals surface area (Å²) < 4.78 is 15.0. The van der Waals surface area contributed by atoms with Crippen molar-refractivity contribution in [1.29, 1.82) is 0 Å². The smallest absolute Gasteiger partial charge is 0.171 e. The molecule has 7 heteroatoms. The van der Waals surface area contributed by atoms with Gasteiger partial charge in [-0.05, 0) is 61.5 Å². The lowest BCUT2D eigenvalue weighted by Crippen LogP contribution is -2.28. The van der Waals surface area contributed by atoms with Gasteiger partial charge in [0.25, 0.3) is 0 Å². The van der Waals surface area contributed by atoms with E-state index in [1.165, 1.54) is 12.1 Å². The van der Waals surface area contributed by atoms with Crippen molar-refractivity contribution in [2.75, 3.05) is 5.32 Å². The van der Waals surface area contributed by atoms with Gasteiger partial charge in [0.15, 0.2) is 5.11 Å². The minimum absolute atomic E-state index is 0.244. The summed E-state index contributed by atoms with van der Waals surface area (Å²) in [5.41, 5.74) is 4.77. The quantitative estimate of drug-likeness (QED) is 0.600. The Morgan fingerprint density at radius 3 is 2.37 bits per heavy atom. The van der Waals surface area contributed by atoms with Crippen molar-refractivity contribution in [2.24, 2.45) is 0 Å². The van der Waals surface area contributed by atoms with E-state index >= 15 is 0 Å². The van der Waals surface area contributed by atoms with Crippen LogP contribution in [0, 0.1) is 19.7 Å². The van der Waals surface area contributed by atoms with E-state index in [4.69, 9.17) is 23.8 Å². The van der Waals surface area contributed by atoms with Gasteiger partial charge in [0.1, 0.15) is 5.82 Å². The highest BCUT2D eigenvalue weighted by molar-refractivity contribution is 7.80. The summed E-state index contributed by atoms with van der Waals surface area (Å²) in [5, 5.41) is 12.2. The first-order chi connectivity index (χ1) is 12.9. The summed E-state index contributed by atoms with van der Waals surface area (Å²) in [6.07, 6.45) is 0. The van der Waals surface area contributed by atoms with Crippen molar-refractivity contribution in [3.63, 3.8) is 0 Å². The van der Waals surface area contributed by atoms with E-state index in [2.05, 4.69) is 15.7 Å². The normalized spacial score (nSPS) is 10.7. The van der Waals surface area contributed by atoms with E-state index < -0.39 is 0 Å². The highest BCUT2D eigenvalue weighted by Crippen LogP contribution is 2.20. The number of hydrogen-bond donors (Lipinski definition) is 2. The van der Waals surface area contributed by atoms with E-state index in [1.807, 2.05) is 42.8 Å². The van der Waals surface area contributed by atoms with Crippen LogP contribution in [0.1, 0.15) is 22.5 Å². The number of nitrogens with one attached hydrogen (secondary N) is 2. The minimum Gasteiger partial charge on any atom is -0.358 e. The highest BCUT2D eigenvalue weighted by atomic mass is 35.5. The number of nitrogens with zero attached hydrogens (tertiary/aromatic N) is 2. The summed E-state index contributed by atoms with van der Waals surface area (Å²) >= 11 is 11.3. The van der Waals surface area contributed by atoms with Gasteiger partial charge in [0.05, 0.1) is 23.6 Å². The maximum absolute atomic E-state index is 13.1. The van der Waals surface area contributed by atoms with Gasteiger partial charge in [0.2, 0.25) is 0 Å². The van der Waals surface area contributed by atoms with Crippen LogP contribution in [0.5, 0.6) is 0 Å². The molecular weight excluding hydrogens is 383 g/mol. The molecule has 27 heavy (non-hydrogen) atoms. The van der Waals surface area contributed by atoms with Crippen molar-refractivity contribution in [2.45, 2.75) is 26.9 Å². The Morgan fingerprint density at radius 2 is 1.70 bits per heavy atom. The molecule has 1 aromatic heterocycles. The third kappa shape index (κ3) is 5.05. The predicted molar refractivity (Wildman–Crippen MR) is 112 cm³/mol. The van der Waals surface area contributed by atoms with E-state index in [1.54, 1.807) is 12.1 Å². The van der Waals surface area contributed by atoms with Crippen molar-refractivity contribution < 1.29 is 4.39 Å². The van der Waals surface area contributed by atoms with Gasteiger partial charge in [-0.15, -0.1) is 0 Å². The van der Waals surface area contributed by atoms with E-state index in [9.17, 15) is 4.39 Å². The number of anilines is 1. The zero-order valence-electron chi connectivity index (χ0n) is 15.1. The Hall–Kier alpha value is -2.44. The van der Waals surface area contributed by atoms with E-state index in [0.29, 0.717) is 23.2 Å². The van der Waals surface area contributed by atoms with Crippen LogP contribution in [0.25, 0.3) is 0 Å². The monoisotopic (exact) mass is 402 g/mol. The molecule has 0 spiro atoms. The zero-order valence-corrected chi connectivity index (χ0v) is 16.7. The topological polar surface area (TPSA) is 41.9 Å². The van der Waals surface area contributed by atoms with Gasteiger partial charge in [-0.25, -0.2) is 4.39 Å². The summed E-state index contributed by atoms with van der Waals surface area (Å²) in [5.74, 6) is -0.244. The molecule has 2 aromatic carbocycles. The lowest BCUT2D eigenvalue weighted by molar-refractivity contribution is 0.622. The van der Waals surface area contributed by atoms with Crippen molar-refractivity contribution >= 4 is 34.6 Å². The van der Waals surface area contributed by atoms with Crippen LogP contribution >= 0.6 is 23.8 Å². The summed E-state index contributed by atoms with van der Waals surface area (Å²) in [4.78, 5) is 0. The van der Waals surface area contributed by atoms with Crippen LogP contribution in [-0.4, -0.2) is 14.9 Å². The first-order valence-electron chi connectivity index (χ1n) is 8.50. The Labute approximate surface area is 168 Å². The Bertz CT molecular complexity index is 936. The zero-order chi connectivity index (χ0) is 19.4. The average Bonchev–Trinajstić information content (AvgIpc) is 2.90.